The van der Waals surface area contributed by atoms with Gasteiger partial charge in [-0.3, -0.25) is 0 Å². The van der Waals surface area contributed by atoms with Crippen LogP contribution in [0.2, 0.25) is 0 Å². The minimum Gasteiger partial charge on any atom is -0.486 e. The van der Waals surface area contributed by atoms with Gasteiger partial charge in [0.1, 0.15) is 19.0 Å². The van der Waals surface area contributed by atoms with Crippen molar-refractivity contribution in [3.8, 4) is 17.6 Å². The van der Waals surface area contributed by atoms with Crippen LogP contribution < -0.4 is 9.47 Å². The molecule has 1 saturated carbocycles. The molecule has 1 aliphatic carbocycles. The van der Waals surface area contributed by atoms with Crippen LogP contribution in [0.3, 0.4) is 0 Å². The summed E-state index contributed by atoms with van der Waals surface area (Å²) < 4.78 is 13.7. The first kappa shape index (κ1) is 14.4. The fourth-order valence-corrected chi connectivity index (χ4v) is 3.42. The van der Waals surface area contributed by atoms with E-state index in [9.17, 15) is 0 Å². The van der Waals surface area contributed by atoms with Gasteiger partial charge in [0.25, 0.3) is 0 Å². The molecule has 5 heteroatoms. The summed E-state index contributed by atoms with van der Waals surface area (Å²) in [7, 11) is 0. The van der Waals surface area contributed by atoms with E-state index in [1.54, 1.807) is 0 Å². The molecule has 25 heavy (non-hydrogen) atoms. The van der Waals surface area contributed by atoms with Crippen LogP contribution in [0.25, 0.3) is 11.0 Å². The Hall–Kier alpha value is -3.00. The number of aromatic nitrogens is 2. The van der Waals surface area contributed by atoms with Gasteiger partial charge in [0, 0.05) is 24.6 Å². The van der Waals surface area contributed by atoms with Crippen LogP contribution in [0, 0.1) is 11.3 Å². The molecule has 0 N–H and O–H groups in total. The number of hydrogen-bond donors (Lipinski definition) is 0. The third kappa shape index (κ3) is 2.51. The highest BCUT2D eigenvalue weighted by atomic mass is 16.6. The first-order chi connectivity index (χ1) is 12.3. The lowest BCUT2D eigenvalue weighted by Gasteiger charge is -2.18. The molecule has 0 amide bonds. The molecule has 0 spiro atoms. The molecule has 1 aromatic heterocycles. The van der Waals surface area contributed by atoms with Crippen molar-refractivity contribution < 1.29 is 9.47 Å². The zero-order valence-electron chi connectivity index (χ0n) is 13.7. The van der Waals surface area contributed by atoms with Crippen LogP contribution in [0.4, 0.5) is 0 Å². The predicted molar refractivity (Wildman–Crippen MR) is 93.0 cm³/mol. The lowest BCUT2D eigenvalue weighted by molar-refractivity contribution is 0.172. The molecule has 3 aromatic rings. The molecule has 0 atom stereocenters. The first-order valence-corrected chi connectivity index (χ1v) is 8.60. The molecule has 124 valence electrons. The minimum absolute atomic E-state index is 0.533. The van der Waals surface area contributed by atoms with Crippen molar-refractivity contribution >= 4 is 11.0 Å². The van der Waals surface area contributed by atoms with Crippen molar-refractivity contribution in [1.29, 1.82) is 5.26 Å². The Morgan fingerprint density at radius 1 is 1.12 bits per heavy atom. The highest BCUT2D eigenvalue weighted by Gasteiger charge is 2.30. The third-order valence-electron chi connectivity index (χ3n) is 4.78. The van der Waals surface area contributed by atoms with Crippen molar-refractivity contribution in [1.82, 2.24) is 9.55 Å². The lowest BCUT2D eigenvalue weighted by Crippen LogP contribution is -2.15. The molecule has 0 bridgehead atoms. The Morgan fingerprint density at radius 2 is 1.92 bits per heavy atom. The molecular weight excluding hydrogens is 314 g/mol. The largest absolute Gasteiger partial charge is 0.486 e. The van der Waals surface area contributed by atoms with Gasteiger partial charge in [0.15, 0.2) is 11.5 Å². The Morgan fingerprint density at radius 3 is 2.68 bits per heavy atom. The number of nitriles is 1. The molecular formula is C20H17N3O2. The van der Waals surface area contributed by atoms with E-state index < -0.39 is 0 Å². The molecule has 2 aliphatic rings. The number of benzene rings is 2. The highest BCUT2D eigenvalue weighted by Crippen LogP contribution is 2.42. The average molecular weight is 331 g/mol. The van der Waals surface area contributed by atoms with Gasteiger partial charge in [-0.25, -0.2) is 4.98 Å². The molecule has 2 heterocycles. The summed E-state index contributed by atoms with van der Waals surface area (Å²) >= 11 is 0. The van der Waals surface area contributed by atoms with Gasteiger partial charge in [-0.1, -0.05) is 12.1 Å². The average Bonchev–Trinajstić information content (AvgIpc) is 3.44. The molecule has 5 rings (SSSR count). The highest BCUT2D eigenvalue weighted by molar-refractivity contribution is 5.81. The third-order valence-corrected chi connectivity index (χ3v) is 4.78. The Balaban J connectivity index is 1.64. The second-order valence-electron chi connectivity index (χ2n) is 6.63. The standard InChI is InChI=1S/C20H17N3O2/c21-11-13-2-1-3-14(8-13)12-23-17-10-19-18(24-6-7-25-19)9-16(17)22-20(23)15-4-5-15/h1-3,8-10,15H,4-7,12H2. The topological polar surface area (TPSA) is 60.1 Å². The van der Waals surface area contributed by atoms with E-state index in [0.29, 0.717) is 31.2 Å². The lowest BCUT2D eigenvalue weighted by atomic mass is 10.1. The van der Waals surface area contributed by atoms with Crippen LogP contribution >= 0.6 is 0 Å². The summed E-state index contributed by atoms with van der Waals surface area (Å²) in [5.74, 6) is 3.22. The number of hydrogen-bond acceptors (Lipinski definition) is 4. The summed E-state index contributed by atoms with van der Waals surface area (Å²) in [4.78, 5) is 4.88. The maximum Gasteiger partial charge on any atom is 0.163 e. The van der Waals surface area contributed by atoms with E-state index in [2.05, 4.69) is 16.7 Å². The summed E-state index contributed by atoms with van der Waals surface area (Å²) in [6, 6.07) is 14.0. The molecule has 1 fully saturated rings. The van der Waals surface area contributed by atoms with Crippen molar-refractivity contribution in [2.45, 2.75) is 25.3 Å². The van der Waals surface area contributed by atoms with E-state index in [-0.39, 0.29) is 0 Å². The van der Waals surface area contributed by atoms with Gasteiger partial charge in [0.2, 0.25) is 0 Å². The van der Waals surface area contributed by atoms with Crippen molar-refractivity contribution in [2.75, 3.05) is 13.2 Å². The fourth-order valence-electron chi connectivity index (χ4n) is 3.42. The number of nitrogens with zero attached hydrogens (tertiary/aromatic N) is 3. The Labute approximate surface area is 145 Å². The van der Waals surface area contributed by atoms with Crippen LogP contribution in [0.1, 0.15) is 35.7 Å². The van der Waals surface area contributed by atoms with Gasteiger partial charge >= 0.3 is 0 Å². The smallest absolute Gasteiger partial charge is 0.163 e. The van der Waals surface area contributed by atoms with Crippen LogP contribution in [0.15, 0.2) is 36.4 Å². The van der Waals surface area contributed by atoms with Gasteiger partial charge in [-0.2, -0.15) is 5.26 Å². The monoisotopic (exact) mass is 331 g/mol. The zero-order valence-corrected chi connectivity index (χ0v) is 13.7. The quantitative estimate of drug-likeness (QED) is 0.736. The molecule has 1 aliphatic heterocycles. The van der Waals surface area contributed by atoms with Crippen molar-refractivity contribution in [3.63, 3.8) is 0 Å². The first-order valence-electron chi connectivity index (χ1n) is 8.60. The van der Waals surface area contributed by atoms with Gasteiger partial charge in [-0.15, -0.1) is 0 Å². The second-order valence-corrected chi connectivity index (χ2v) is 6.63. The van der Waals surface area contributed by atoms with Crippen LogP contribution in [-0.4, -0.2) is 22.8 Å². The number of rotatable bonds is 3. The normalized spacial score (nSPS) is 16.0. The summed E-state index contributed by atoms with van der Waals surface area (Å²) in [6.45, 7) is 1.86. The van der Waals surface area contributed by atoms with Crippen LogP contribution in [-0.2, 0) is 6.54 Å². The molecule has 0 unspecified atom stereocenters. The fraction of sp³-hybridized carbons (Fsp3) is 0.300. The second kappa shape index (κ2) is 5.52. The molecule has 5 nitrogen and oxygen atoms in total. The Bertz CT molecular complexity index is 1010. The predicted octanol–water partition coefficient (Wildman–Crippen LogP) is 3.60. The Kier molecular flexibility index (Phi) is 3.17. The van der Waals surface area contributed by atoms with Gasteiger partial charge in [-0.05, 0) is 30.5 Å². The van der Waals surface area contributed by atoms with E-state index in [1.807, 2.05) is 30.3 Å². The minimum atomic E-state index is 0.533. The van der Waals surface area contributed by atoms with E-state index in [1.165, 1.54) is 12.8 Å². The number of imidazole rings is 1. The van der Waals surface area contributed by atoms with E-state index in [4.69, 9.17) is 19.7 Å². The molecule has 0 radical (unpaired) electrons. The number of fused-ring (bicyclic) bond motifs is 2. The summed E-state index contributed by atoms with van der Waals surface area (Å²) in [6.07, 6.45) is 2.38. The SMILES string of the molecule is N#Cc1cccc(Cn2c(C3CC3)nc3cc4c(cc32)OCCO4)c1. The molecule has 2 aromatic carbocycles. The van der Waals surface area contributed by atoms with E-state index >= 15 is 0 Å². The van der Waals surface area contributed by atoms with Gasteiger partial charge in [0.05, 0.1) is 22.7 Å². The van der Waals surface area contributed by atoms with E-state index in [0.717, 1.165) is 33.9 Å². The van der Waals surface area contributed by atoms with Crippen LogP contribution in [0.5, 0.6) is 11.5 Å². The summed E-state index contributed by atoms with van der Waals surface area (Å²) in [5, 5.41) is 9.15. The molecule has 0 saturated heterocycles. The van der Waals surface area contributed by atoms with Gasteiger partial charge < -0.3 is 14.0 Å². The number of ether oxygens (including phenoxy) is 2. The zero-order chi connectivity index (χ0) is 16.8. The van der Waals surface area contributed by atoms with Crippen molar-refractivity contribution in [2.24, 2.45) is 0 Å². The maximum atomic E-state index is 9.15. The van der Waals surface area contributed by atoms with Crippen molar-refractivity contribution in [3.05, 3.63) is 53.3 Å². The maximum absolute atomic E-state index is 9.15. The summed E-state index contributed by atoms with van der Waals surface area (Å²) in [5.41, 5.74) is 3.80.